The zero-order valence-corrected chi connectivity index (χ0v) is 69.9. The standard InChI is InChI=1S/C31H33N3O4S2.C25H20N2O8.C24H21N3O3.CH4.2Na.O4S2/c1-31(2,40-39-4)13-12-29(35)33-22-11-10-21-14-23-18-32-25-17-28(38-19-20-8-6-5-7-9-20)27(37-3)16-24(25)30(36)34(23)26(21)15-22;1-34-22-11-20(21(27(32)33)12-23(22)35-14-15-5-3-2-4-6-15)25(29)24-17(13-28)9-16-7-8-18(26(30)31)10-19(16)24;1-29-22-11-19-20(12-23(22)30-14-15-5-3-2-4-6-15)26-13-18-9-16-7-8-17(25)10-21(16)27(18)24(19)28;;;;1-5(2)6(3)4/h5-11,15-18,23H,12-14,19H2,1-4H3,(H,33,35);2-8,10-13,17,24H,9,14H2,1H3;2-8,10-13,18H,9,14,25H2,1H3;1H4;;;/t23-;;18-;;;;/m0.0..../s1. The molecule has 14 rings (SSSR count). The summed E-state index contributed by atoms with van der Waals surface area (Å²) in [5, 5.41) is 26.2. The zero-order chi connectivity index (χ0) is 81.2. The molecule has 0 saturated heterocycles. The van der Waals surface area contributed by atoms with Gasteiger partial charge in [-0.25, -0.2) is 0 Å². The molecule has 4 heterocycles. The Morgan fingerprint density at radius 1 is 0.605 bits per heavy atom. The molecule has 9 aromatic rings. The molecule has 0 bridgehead atoms. The number of ether oxygens (including phenoxy) is 6. The number of aliphatic imine (C=N–C) groups is 2. The summed E-state index contributed by atoms with van der Waals surface area (Å²) in [6, 6.07) is 53.4. The molecule has 3 amide bonds. The number of aldehydes is 1. The van der Waals surface area contributed by atoms with Crippen LogP contribution in [-0.2, 0) is 67.2 Å². The maximum atomic E-state index is 13.9. The first-order chi connectivity index (χ1) is 54.4. The van der Waals surface area contributed by atoms with E-state index in [1.54, 1.807) is 69.9 Å². The second-order valence-corrected chi connectivity index (χ2v) is 31.8. The first kappa shape index (κ1) is 87.8. The number of carbonyl (C=O) groups excluding carboxylic acids is 5. The number of hydrogen-bond donors (Lipinski definition) is 2. The van der Waals surface area contributed by atoms with E-state index >= 15 is 0 Å². The van der Waals surface area contributed by atoms with E-state index in [4.69, 9.17) is 56.0 Å². The number of carbonyl (C=O) groups is 5. The van der Waals surface area contributed by atoms with Crippen molar-refractivity contribution in [3.63, 3.8) is 0 Å². The Balaban J connectivity index is 0.000000187. The average molecular weight is 1640 g/mol. The number of anilines is 4. The fraction of sp³-hybridized carbons (Fsp3) is 0.247. The second-order valence-electron chi connectivity index (χ2n) is 26.3. The molecule has 582 valence electrons. The Hall–Kier alpha value is -10.2. The van der Waals surface area contributed by atoms with Gasteiger partial charge in [0.1, 0.15) is 26.1 Å². The van der Waals surface area contributed by atoms with Gasteiger partial charge in [-0.1, -0.05) is 138 Å². The van der Waals surface area contributed by atoms with Crippen LogP contribution in [-0.4, -0.2) is 157 Å². The molecule has 4 aliphatic heterocycles. The molecule has 5 aliphatic rings. The number of nitro groups is 2. The van der Waals surface area contributed by atoms with Crippen LogP contribution < -0.4 is 49.3 Å². The third-order valence-corrected chi connectivity index (χ3v) is 22.2. The van der Waals surface area contributed by atoms with Gasteiger partial charge in [-0.3, -0.25) is 59.2 Å². The van der Waals surface area contributed by atoms with Gasteiger partial charge in [-0.15, -0.1) is 0 Å². The molecule has 0 fully saturated rings. The number of nitrogens with two attached hydrogens (primary N) is 1. The van der Waals surface area contributed by atoms with Crippen LogP contribution in [0.25, 0.3) is 0 Å². The van der Waals surface area contributed by atoms with Crippen molar-refractivity contribution in [2.75, 3.05) is 48.4 Å². The van der Waals surface area contributed by atoms with Gasteiger partial charge in [0.25, 0.3) is 23.2 Å². The van der Waals surface area contributed by atoms with E-state index in [-0.39, 0.29) is 77.8 Å². The Morgan fingerprint density at radius 3 is 1.51 bits per heavy atom. The van der Waals surface area contributed by atoms with Gasteiger partial charge in [0.2, 0.25) is 5.91 Å². The number of nitrogens with one attached hydrogen (secondary N) is 1. The van der Waals surface area contributed by atoms with Gasteiger partial charge in [0.05, 0.1) is 94.7 Å². The number of nitrogens with zero attached hydrogens (tertiary/aromatic N) is 6. The second kappa shape index (κ2) is 40.7. The molecular formula is C81H78N8Na2O19S4. The first-order valence-corrected chi connectivity index (χ1v) is 48.7. The van der Waals surface area contributed by atoms with E-state index in [1.165, 1.54) is 75.0 Å². The molecule has 0 spiro atoms. The number of methoxy groups -OCH3 is 3. The molecule has 0 saturated carbocycles. The molecule has 0 radical (unpaired) electrons. The molecule has 27 nitrogen and oxygen atoms in total. The number of fused-ring (bicyclic) bond motifs is 9. The SMILES string of the molecule is C.COc1cc(C(=O)C2c3cc([N+](=O)[O-])ccc3CC2C=O)c([N+](=O)[O-])cc1OCc1ccccc1.COc1cc2c(cc1OCc1ccccc1)N=C[C@@H]1Cc3ccc(N)cc3N1C2=O.COc1cc2c(cc1OCc1ccccc1)N=C[C@@H]1Cc3ccc(NC(=O)CCC(C)(C)SSC)cc3N1C2=O.O=S(=O)=S(=O)=O.[Na][Na]. The minimum atomic E-state index is -2.95. The van der Waals surface area contributed by atoms with Crippen molar-refractivity contribution >= 4 is 171 Å². The fourth-order valence-corrected chi connectivity index (χ4v) is 15.5. The van der Waals surface area contributed by atoms with Crippen molar-refractivity contribution in [1.29, 1.82) is 0 Å². The summed E-state index contributed by atoms with van der Waals surface area (Å²) in [4.78, 5) is 100. The molecule has 9 aromatic carbocycles. The number of Topliss-reactive ketones (excluding diaryl/α,β-unsaturated/α-hetero) is 1. The van der Waals surface area contributed by atoms with Gasteiger partial charge >= 0.3 is 62.1 Å². The minimum absolute atomic E-state index is 0. The quantitative estimate of drug-likeness (QED) is 0.0114. The molecule has 114 heavy (non-hydrogen) atoms. The van der Waals surface area contributed by atoms with Gasteiger partial charge < -0.3 is 44.3 Å². The Morgan fingerprint density at radius 2 is 1.06 bits per heavy atom. The van der Waals surface area contributed by atoms with Crippen LogP contribution in [0.4, 0.5) is 45.5 Å². The van der Waals surface area contributed by atoms with E-state index in [2.05, 4.69) is 24.2 Å². The predicted molar refractivity (Wildman–Crippen MR) is 443 cm³/mol. The summed E-state index contributed by atoms with van der Waals surface area (Å²) in [7, 11) is 2.05. The summed E-state index contributed by atoms with van der Waals surface area (Å²) in [6.07, 6.45) is 9.08. The van der Waals surface area contributed by atoms with Crippen LogP contribution in [0.3, 0.4) is 0 Å². The van der Waals surface area contributed by atoms with Gasteiger partial charge in [0, 0.05) is 84.1 Å². The van der Waals surface area contributed by atoms with Crippen molar-refractivity contribution in [2.45, 2.75) is 95.9 Å². The van der Waals surface area contributed by atoms with Crippen LogP contribution in [0, 0.1) is 26.1 Å². The van der Waals surface area contributed by atoms with E-state index in [0.29, 0.717) is 107 Å². The Labute approximate surface area is 696 Å². The number of non-ortho nitro benzene ring substituents is 1. The van der Waals surface area contributed by atoms with E-state index in [1.807, 2.05) is 146 Å². The maximum absolute atomic E-state index is 13.9. The molecule has 2 unspecified atom stereocenters. The van der Waals surface area contributed by atoms with Gasteiger partial charge in [0.15, 0.2) is 40.3 Å². The topological polar surface area (TPSA) is 365 Å². The number of benzene rings is 9. The third kappa shape index (κ3) is 21.4. The van der Waals surface area contributed by atoms with E-state index < -0.39 is 51.7 Å². The van der Waals surface area contributed by atoms with Crippen LogP contribution in [0.2, 0.25) is 0 Å². The molecule has 33 heteroatoms. The van der Waals surface area contributed by atoms with Crippen LogP contribution in [0.5, 0.6) is 34.5 Å². The summed E-state index contributed by atoms with van der Waals surface area (Å²) in [6.45, 7) is 5.19. The number of hydrogen-bond acceptors (Lipinski definition) is 24. The van der Waals surface area contributed by atoms with Crippen LogP contribution in [0.15, 0.2) is 192 Å². The van der Waals surface area contributed by atoms with E-state index in [0.717, 1.165) is 51.7 Å². The Kier molecular flexibility index (Phi) is 31.3. The monoisotopic (exact) mass is 1640 g/mol. The van der Waals surface area contributed by atoms with Crippen molar-refractivity contribution in [2.24, 2.45) is 15.9 Å². The molecule has 0 aromatic heterocycles. The number of rotatable bonds is 23. The molecule has 1 aliphatic carbocycles. The predicted octanol–water partition coefficient (Wildman–Crippen LogP) is 14.2. The van der Waals surface area contributed by atoms with Gasteiger partial charge in [-0.2, -0.15) is 16.8 Å². The number of nitro benzene ring substituents is 2. The van der Waals surface area contributed by atoms with Crippen LogP contribution >= 0.6 is 21.6 Å². The zero-order valence-electron chi connectivity index (χ0n) is 62.7. The summed E-state index contributed by atoms with van der Waals surface area (Å²) >= 11 is 2.89. The number of amides is 3. The normalized spacial score (nSPS) is 15.3. The van der Waals surface area contributed by atoms with Crippen molar-refractivity contribution in [1.82, 2.24) is 0 Å². The van der Waals surface area contributed by atoms with Crippen molar-refractivity contribution in [3.8, 4) is 34.5 Å². The van der Waals surface area contributed by atoms with Crippen molar-refractivity contribution in [3.05, 3.63) is 258 Å². The van der Waals surface area contributed by atoms with Crippen molar-refractivity contribution < 1.29 is 79.1 Å². The molecular weight excluding hydrogens is 1560 g/mol. The number of ketones is 1. The fourth-order valence-electron chi connectivity index (χ4n) is 13.2. The van der Waals surface area contributed by atoms with Gasteiger partial charge in [-0.05, 0) is 108 Å². The summed E-state index contributed by atoms with van der Waals surface area (Å²) in [5.41, 5.74) is 15.9. The summed E-state index contributed by atoms with van der Waals surface area (Å²) < 4.78 is 70.6. The average Bonchev–Trinajstić information content (AvgIpc) is 1.59. The molecule has 3 N–H and O–H groups in total. The number of nitrogen functional groups attached to an aromatic ring is 1. The summed E-state index contributed by atoms with van der Waals surface area (Å²) in [5.74, 6) is -0.679. The molecule has 4 atom stereocenters. The van der Waals surface area contributed by atoms with Crippen LogP contribution in [0.1, 0.15) is 110 Å². The van der Waals surface area contributed by atoms with E-state index in [9.17, 15) is 44.2 Å². The third-order valence-electron chi connectivity index (χ3n) is 18.6. The Bertz CT molecular complexity index is 5390. The first-order valence-electron chi connectivity index (χ1n) is 35.4.